The molecule has 2 aliphatic rings. The molecule has 0 spiro atoms. The van der Waals surface area contributed by atoms with Gasteiger partial charge in [-0.25, -0.2) is 4.98 Å². The van der Waals surface area contributed by atoms with Gasteiger partial charge in [-0.3, -0.25) is 14.3 Å². The van der Waals surface area contributed by atoms with E-state index in [0.29, 0.717) is 48.0 Å². The van der Waals surface area contributed by atoms with Crippen LogP contribution in [-0.2, 0) is 11.3 Å². The average Bonchev–Trinajstić information content (AvgIpc) is 3.45. The Morgan fingerprint density at radius 1 is 1.41 bits per heavy atom. The molecule has 2 aliphatic heterocycles. The number of anilines is 1. The highest BCUT2D eigenvalue weighted by Gasteiger charge is 2.25. The number of epoxide rings is 1. The maximum Gasteiger partial charge on any atom is 0.281 e. The molecule has 1 saturated heterocycles. The van der Waals surface area contributed by atoms with E-state index in [1.165, 1.54) is 6.20 Å². The lowest BCUT2D eigenvalue weighted by molar-refractivity contribution is 0.0996. The molecule has 1 N–H and O–H groups in total. The summed E-state index contributed by atoms with van der Waals surface area (Å²) in [5.74, 6) is 1.54. The van der Waals surface area contributed by atoms with Crippen LogP contribution in [0.1, 0.15) is 10.4 Å². The van der Waals surface area contributed by atoms with Crippen LogP contribution in [0.3, 0.4) is 0 Å². The molecule has 0 radical (unpaired) electrons. The minimum Gasteiger partial charge on any atom is -0.491 e. The smallest absolute Gasteiger partial charge is 0.281 e. The summed E-state index contributed by atoms with van der Waals surface area (Å²) in [4.78, 5) is 25.5. The third kappa shape index (κ3) is 3.29. The first-order chi connectivity index (χ1) is 14.2. The Morgan fingerprint density at radius 3 is 3.07 bits per heavy atom. The Balaban J connectivity index is 1.65. The number of carbonyl (C=O) groups excluding carboxylic acids is 1. The fraction of sp³-hybridized carbons (Fsp3) is 0.300. The second-order valence-corrected chi connectivity index (χ2v) is 6.76. The molecular weight excluding hydrogens is 374 g/mol. The molecule has 9 heteroatoms. The van der Waals surface area contributed by atoms with Crippen LogP contribution >= 0.6 is 0 Å². The summed E-state index contributed by atoms with van der Waals surface area (Å²) in [6, 6.07) is 7.18. The minimum absolute atomic E-state index is 0.128. The van der Waals surface area contributed by atoms with Gasteiger partial charge in [0.05, 0.1) is 19.3 Å². The number of carbonyl (C=O) groups is 1. The van der Waals surface area contributed by atoms with E-state index in [9.17, 15) is 4.79 Å². The highest BCUT2D eigenvalue weighted by Crippen LogP contribution is 2.37. The lowest BCUT2D eigenvalue weighted by Crippen LogP contribution is -2.25. The van der Waals surface area contributed by atoms with Gasteiger partial charge in [-0.05, 0) is 24.3 Å². The number of hydrogen-bond acceptors (Lipinski definition) is 7. The van der Waals surface area contributed by atoms with Crippen molar-refractivity contribution in [3.63, 3.8) is 0 Å². The number of aromatic nitrogens is 3. The zero-order valence-electron chi connectivity index (χ0n) is 15.8. The van der Waals surface area contributed by atoms with Crippen molar-refractivity contribution < 1.29 is 19.0 Å². The lowest BCUT2D eigenvalue weighted by Gasteiger charge is -2.14. The molecule has 5 rings (SSSR count). The van der Waals surface area contributed by atoms with E-state index in [-0.39, 0.29) is 6.10 Å². The second kappa shape index (κ2) is 7.17. The number of nitrogens with one attached hydrogen (secondary N) is 1. The van der Waals surface area contributed by atoms with Crippen molar-refractivity contribution in [3.8, 4) is 11.5 Å². The van der Waals surface area contributed by atoms with Gasteiger partial charge in [-0.2, -0.15) is 4.99 Å². The van der Waals surface area contributed by atoms with E-state index in [0.717, 1.165) is 17.7 Å². The third-order valence-corrected chi connectivity index (χ3v) is 4.84. The molecule has 148 valence electrons. The van der Waals surface area contributed by atoms with Crippen molar-refractivity contribution in [1.82, 2.24) is 14.5 Å². The highest BCUT2D eigenvalue weighted by atomic mass is 16.6. The molecule has 4 heterocycles. The molecule has 3 aromatic rings. The van der Waals surface area contributed by atoms with E-state index < -0.39 is 5.91 Å². The van der Waals surface area contributed by atoms with Crippen molar-refractivity contribution in [3.05, 3.63) is 47.8 Å². The van der Waals surface area contributed by atoms with Crippen LogP contribution in [-0.4, -0.2) is 53.4 Å². The zero-order valence-corrected chi connectivity index (χ0v) is 15.8. The number of amides is 1. The number of methoxy groups -OCH3 is 1. The fourth-order valence-electron chi connectivity index (χ4n) is 3.34. The molecular formula is C20H19N5O4. The van der Waals surface area contributed by atoms with E-state index in [1.807, 2.05) is 16.7 Å². The largest absolute Gasteiger partial charge is 0.491 e. The van der Waals surface area contributed by atoms with Crippen LogP contribution in [0, 0.1) is 0 Å². The van der Waals surface area contributed by atoms with Crippen molar-refractivity contribution in [1.29, 1.82) is 0 Å². The number of ether oxygens (including phenoxy) is 3. The van der Waals surface area contributed by atoms with Crippen LogP contribution in [0.15, 0.2) is 41.7 Å². The van der Waals surface area contributed by atoms with E-state index in [1.54, 1.807) is 25.4 Å². The van der Waals surface area contributed by atoms with Crippen LogP contribution in [0.5, 0.6) is 11.5 Å². The van der Waals surface area contributed by atoms with Crippen molar-refractivity contribution in [2.45, 2.75) is 12.6 Å². The summed E-state index contributed by atoms with van der Waals surface area (Å²) in [6.45, 7) is 2.55. The monoisotopic (exact) mass is 393 g/mol. The molecule has 0 aliphatic carbocycles. The van der Waals surface area contributed by atoms with Crippen LogP contribution in [0.4, 0.5) is 5.82 Å². The van der Waals surface area contributed by atoms with Gasteiger partial charge in [0, 0.05) is 30.9 Å². The topological polar surface area (TPSA) is 103 Å². The number of hydrogen-bond donors (Lipinski definition) is 1. The fourth-order valence-corrected chi connectivity index (χ4v) is 3.34. The van der Waals surface area contributed by atoms with Gasteiger partial charge in [0.2, 0.25) is 5.62 Å². The molecule has 1 atom stereocenters. The number of rotatable bonds is 5. The summed E-state index contributed by atoms with van der Waals surface area (Å²) in [7, 11) is 1.57. The van der Waals surface area contributed by atoms with Gasteiger partial charge in [0.1, 0.15) is 24.0 Å². The normalized spacial score (nSPS) is 17.7. The predicted molar refractivity (Wildman–Crippen MR) is 104 cm³/mol. The Bertz CT molecular complexity index is 1150. The average molecular weight is 393 g/mol. The first-order valence-corrected chi connectivity index (χ1v) is 9.33. The Labute approximate surface area is 166 Å². The molecule has 0 saturated carbocycles. The summed E-state index contributed by atoms with van der Waals surface area (Å²) in [5, 5.41) is 4.23. The maximum atomic E-state index is 12.6. The molecule has 29 heavy (non-hydrogen) atoms. The number of nitrogens with zero attached hydrogens (tertiary/aromatic N) is 4. The van der Waals surface area contributed by atoms with Crippen molar-refractivity contribution in [2.24, 2.45) is 4.99 Å². The van der Waals surface area contributed by atoms with Gasteiger partial charge in [-0.15, -0.1) is 0 Å². The predicted octanol–water partition coefficient (Wildman–Crippen LogP) is 1.38. The standard InChI is InChI=1S/C20H19N5O4/c1-27-17-15(29-11-13-10-28-13)5-4-14-16(17)23-20(25-8-7-22-18(14)25)24-19(26)12-3-2-6-21-9-12/h2-6,9,13,22H,7-8,10-11H2,1H3/t13-/m1/s1. The summed E-state index contributed by atoms with van der Waals surface area (Å²) in [6.07, 6.45) is 3.23. The van der Waals surface area contributed by atoms with E-state index in [4.69, 9.17) is 14.2 Å². The Morgan fingerprint density at radius 2 is 2.31 bits per heavy atom. The maximum absolute atomic E-state index is 12.6. The van der Waals surface area contributed by atoms with Crippen molar-refractivity contribution >= 4 is 22.6 Å². The summed E-state index contributed by atoms with van der Waals surface area (Å²) >= 11 is 0. The van der Waals surface area contributed by atoms with Crippen LogP contribution < -0.4 is 20.4 Å². The number of fused-ring (bicyclic) bond motifs is 3. The quantitative estimate of drug-likeness (QED) is 0.653. The zero-order chi connectivity index (χ0) is 19.8. The Kier molecular flexibility index (Phi) is 4.36. The minimum atomic E-state index is -0.399. The Hall–Kier alpha value is -3.46. The van der Waals surface area contributed by atoms with Gasteiger partial charge < -0.3 is 19.5 Å². The van der Waals surface area contributed by atoms with Gasteiger partial charge in [-0.1, -0.05) is 0 Å². The van der Waals surface area contributed by atoms with Crippen LogP contribution in [0.25, 0.3) is 10.9 Å². The van der Waals surface area contributed by atoms with Gasteiger partial charge in [0.15, 0.2) is 11.5 Å². The molecule has 0 unspecified atom stereocenters. The molecule has 1 fully saturated rings. The first-order valence-electron chi connectivity index (χ1n) is 9.33. The lowest BCUT2D eigenvalue weighted by atomic mass is 10.2. The molecule has 0 bridgehead atoms. The van der Waals surface area contributed by atoms with Crippen LogP contribution in [0.2, 0.25) is 0 Å². The molecule has 2 aromatic heterocycles. The van der Waals surface area contributed by atoms with E-state index >= 15 is 0 Å². The molecule has 9 nitrogen and oxygen atoms in total. The number of pyridine rings is 1. The van der Waals surface area contributed by atoms with Gasteiger partial charge >= 0.3 is 0 Å². The second-order valence-electron chi connectivity index (χ2n) is 6.76. The van der Waals surface area contributed by atoms with Crippen molar-refractivity contribution in [2.75, 3.05) is 32.2 Å². The first kappa shape index (κ1) is 17.6. The SMILES string of the molecule is COc1c(OC[C@H]2CO2)ccc2c3n(c(=NC(=O)c4cccnc4)nc12)CCN3. The summed E-state index contributed by atoms with van der Waals surface area (Å²) in [5.41, 5.74) is 1.30. The van der Waals surface area contributed by atoms with Gasteiger partial charge in [0.25, 0.3) is 5.91 Å². The molecule has 1 amide bonds. The number of benzene rings is 1. The summed E-state index contributed by atoms with van der Waals surface area (Å²) < 4.78 is 18.6. The third-order valence-electron chi connectivity index (χ3n) is 4.84. The molecule has 1 aromatic carbocycles. The highest BCUT2D eigenvalue weighted by molar-refractivity contribution is 5.96. The van der Waals surface area contributed by atoms with E-state index in [2.05, 4.69) is 20.3 Å².